The Morgan fingerprint density at radius 1 is 0.750 bits per heavy atom. The van der Waals surface area contributed by atoms with E-state index in [1.165, 1.54) is 42.5 Å². The van der Waals surface area contributed by atoms with Gasteiger partial charge in [0.1, 0.15) is 0 Å². The summed E-state index contributed by atoms with van der Waals surface area (Å²) < 4.78 is 70.8. The van der Waals surface area contributed by atoms with Crippen LogP contribution < -0.4 is 0 Å². The van der Waals surface area contributed by atoms with Crippen molar-refractivity contribution in [2.75, 3.05) is 0 Å². The normalized spacial score (nSPS) is 12.5. The second-order valence-corrected chi connectivity index (χ2v) is 7.08. The Bertz CT molecular complexity index is 1460. The summed E-state index contributed by atoms with van der Waals surface area (Å²) in [5, 5.41) is 12.0. The summed E-state index contributed by atoms with van der Waals surface area (Å²) >= 11 is 0. The molecule has 0 aliphatic heterocycles. The lowest BCUT2D eigenvalue weighted by Crippen LogP contribution is -2.20. The number of hydrogen-bond donors (Lipinski definition) is 0. The molecule has 32 heavy (non-hydrogen) atoms. The van der Waals surface area contributed by atoms with Crippen molar-refractivity contribution < 1.29 is 22.0 Å². The molecule has 5 nitrogen and oxygen atoms in total. The van der Waals surface area contributed by atoms with Crippen molar-refractivity contribution in [3.05, 3.63) is 89.9 Å². The molecule has 0 spiro atoms. The number of nitrogens with zero attached hydrogens (tertiary/aromatic N) is 5. The minimum atomic E-state index is -4.54. The first-order valence-corrected chi connectivity index (χ1v) is 9.37. The summed E-state index contributed by atoms with van der Waals surface area (Å²) in [5.74, 6) is -4.31. The number of fused-ring (bicyclic) bond motifs is 2. The molecule has 0 unspecified atom stereocenters. The van der Waals surface area contributed by atoms with Gasteiger partial charge in [0.25, 0.3) is 0 Å². The van der Waals surface area contributed by atoms with Crippen molar-refractivity contribution in [2.45, 2.75) is 12.1 Å². The van der Waals surface area contributed by atoms with E-state index < -0.39 is 23.5 Å². The highest BCUT2D eigenvalue weighted by Gasteiger charge is 2.40. The van der Waals surface area contributed by atoms with Crippen molar-refractivity contribution >= 4 is 16.6 Å². The van der Waals surface area contributed by atoms with Crippen LogP contribution in [0.4, 0.5) is 22.0 Å². The molecule has 0 atom stereocenters. The van der Waals surface area contributed by atoms with Crippen LogP contribution in [0, 0.1) is 0 Å². The summed E-state index contributed by atoms with van der Waals surface area (Å²) in [7, 11) is 0. The summed E-state index contributed by atoms with van der Waals surface area (Å²) in [4.78, 5) is 4.12. The van der Waals surface area contributed by atoms with Gasteiger partial charge in [-0.15, -0.1) is 10.2 Å². The van der Waals surface area contributed by atoms with Crippen LogP contribution >= 0.6 is 0 Å². The van der Waals surface area contributed by atoms with Gasteiger partial charge in [0.15, 0.2) is 5.65 Å². The average Bonchev–Trinajstić information content (AvgIpc) is 3.22. The Morgan fingerprint density at radius 3 is 2.41 bits per heavy atom. The largest absolute Gasteiger partial charge is 0.416 e. The van der Waals surface area contributed by atoms with Crippen LogP contribution in [0.3, 0.4) is 0 Å². The molecule has 3 aromatic heterocycles. The molecule has 5 rings (SSSR count). The SMILES string of the molecule is FC(F)(F)c1cccc(-c2ccc3nnc(C(F)(F)c4ccc5ncccc5c4)n3n2)c1. The molecule has 0 saturated carbocycles. The summed E-state index contributed by atoms with van der Waals surface area (Å²) in [5.41, 5.74) is -0.403. The minimum Gasteiger partial charge on any atom is -0.256 e. The van der Waals surface area contributed by atoms with Gasteiger partial charge < -0.3 is 0 Å². The zero-order valence-corrected chi connectivity index (χ0v) is 16.1. The second-order valence-electron chi connectivity index (χ2n) is 7.08. The molecular weight excluding hydrogens is 429 g/mol. The van der Waals surface area contributed by atoms with E-state index in [0.717, 1.165) is 16.6 Å². The molecule has 160 valence electrons. The maximum absolute atomic E-state index is 15.4. The minimum absolute atomic E-state index is 0.0397. The molecule has 0 radical (unpaired) electrons. The van der Waals surface area contributed by atoms with Gasteiger partial charge in [-0.25, -0.2) is 0 Å². The lowest BCUT2D eigenvalue weighted by Gasteiger charge is -2.15. The number of alkyl halides is 5. The highest BCUT2D eigenvalue weighted by Crippen LogP contribution is 2.36. The third-order valence-electron chi connectivity index (χ3n) is 4.99. The number of hydrogen-bond acceptors (Lipinski definition) is 4. The summed E-state index contributed by atoms with van der Waals surface area (Å²) in [6.07, 6.45) is -2.98. The van der Waals surface area contributed by atoms with Crippen molar-refractivity contribution in [3.63, 3.8) is 0 Å². The van der Waals surface area contributed by atoms with E-state index in [1.807, 2.05) is 0 Å². The number of pyridine rings is 1. The number of rotatable bonds is 3. The van der Waals surface area contributed by atoms with Crippen molar-refractivity contribution in [3.8, 4) is 11.3 Å². The van der Waals surface area contributed by atoms with Crippen LogP contribution in [0.2, 0.25) is 0 Å². The molecule has 2 aromatic carbocycles. The topological polar surface area (TPSA) is 56.0 Å². The van der Waals surface area contributed by atoms with Gasteiger partial charge in [-0.2, -0.15) is 31.6 Å². The monoisotopic (exact) mass is 441 g/mol. The first kappa shape index (κ1) is 20.0. The van der Waals surface area contributed by atoms with E-state index >= 15 is 8.78 Å². The van der Waals surface area contributed by atoms with Crippen molar-refractivity contribution in [1.82, 2.24) is 24.8 Å². The molecule has 0 bridgehead atoms. The van der Waals surface area contributed by atoms with E-state index in [0.29, 0.717) is 10.9 Å². The van der Waals surface area contributed by atoms with Crippen LogP contribution in [-0.2, 0) is 12.1 Å². The first-order chi connectivity index (χ1) is 15.2. The fourth-order valence-electron chi connectivity index (χ4n) is 3.39. The van der Waals surface area contributed by atoms with E-state index in [2.05, 4.69) is 20.3 Å². The third-order valence-corrected chi connectivity index (χ3v) is 4.99. The smallest absolute Gasteiger partial charge is 0.256 e. The quantitative estimate of drug-likeness (QED) is 0.347. The van der Waals surface area contributed by atoms with Crippen LogP contribution in [0.15, 0.2) is 72.9 Å². The molecule has 3 heterocycles. The molecule has 0 aliphatic rings. The van der Waals surface area contributed by atoms with Gasteiger partial charge in [-0.3, -0.25) is 4.98 Å². The standard InChI is InChI=1S/C22H12F5N5/c23-21(24,15-6-7-17-13(11-15)4-2-10-28-17)20-30-29-19-9-8-18(31-32(19)20)14-3-1-5-16(12-14)22(25,26)27/h1-12H. The number of aromatic nitrogens is 5. The van der Waals surface area contributed by atoms with Crippen LogP contribution in [-0.4, -0.2) is 24.8 Å². The Balaban J connectivity index is 1.62. The lowest BCUT2D eigenvalue weighted by molar-refractivity contribution is -0.137. The highest BCUT2D eigenvalue weighted by atomic mass is 19.4. The molecule has 0 aliphatic carbocycles. The fraction of sp³-hybridized carbons (Fsp3) is 0.0909. The highest BCUT2D eigenvalue weighted by molar-refractivity contribution is 5.79. The second kappa shape index (κ2) is 7.04. The molecule has 10 heteroatoms. The van der Waals surface area contributed by atoms with Gasteiger partial charge >= 0.3 is 12.1 Å². The predicted octanol–water partition coefficient (Wildman–Crippen LogP) is 5.50. The van der Waals surface area contributed by atoms with Gasteiger partial charge in [0.05, 0.1) is 16.8 Å². The van der Waals surface area contributed by atoms with E-state index in [4.69, 9.17) is 0 Å². The summed E-state index contributed by atoms with van der Waals surface area (Å²) in [6, 6.07) is 14.6. The van der Waals surface area contributed by atoms with Gasteiger partial charge in [-0.1, -0.05) is 24.3 Å². The molecule has 0 amide bonds. The Hall–Kier alpha value is -3.95. The van der Waals surface area contributed by atoms with Crippen LogP contribution in [0.5, 0.6) is 0 Å². The van der Waals surface area contributed by atoms with Crippen LogP contribution in [0.1, 0.15) is 17.0 Å². The Labute approximate surface area is 177 Å². The Morgan fingerprint density at radius 2 is 1.59 bits per heavy atom. The molecule has 5 aromatic rings. The van der Waals surface area contributed by atoms with Crippen LogP contribution in [0.25, 0.3) is 27.8 Å². The molecular formula is C22H12F5N5. The molecule has 0 saturated heterocycles. The van der Waals surface area contributed by atoms with Crippen molar-refractivity contribution in [1.29, 1.82) is 0 Å². The Kier molecular flexibility index (Phi) is 4.40. The zero-order chi connectivity index (χ0) is 22.5. The van der Waals surface area contributed by atoms with E-state index in [9.17, 15) is 13.2 Å². The van der Waals surface area contributed by atoms with Crippen molar-refractivity contribution in [2.24, 2.45) is 0 Å². The summed E-state index contributed by atoms with van der Waals surface area (Å²) in [6.45, 7) is 0. The predicted molar refractivity (Wildman–Crippen MR) is 106 cm³/mol. The third kappa shape index (κ3) is 3.33. The van der Waals surface area contributed by atoms with E-state index in [-0.39, 0.29) is 22.5 Å². The van der Waals surface area contributed by atoms with Gasteiger partial charge in [-0.05, 0) is 42.5 Å². The molecule has 0 N–H and O–H groups in total. The average molecular weight is 441 g/mol. The maximum Gasteiger partial charge on any atom is 0.416 e. The number of benzene rings is 2. The first-order valence-electron chi connectivity index (χ1n) is 9.37. The zero-order valence-electron chi connectivity index (χ0n) is 16.1. The maximum atomic E-state index is 15.4. The lowest BCUT2D eigenvalue weighted by atomic mass is 10.0. The van der Waals surface area contributed by atoms with Gasteiger partial charge in [0, 0.05) is 22.7 Å². The molecule has 0 fully saturated rings. The number of halogens is 5. The van der Waals surface area contributed by atoms with E-state index in [1.54, 1.807) is 18.3 Å². The van der Waals surface area contributed by atoms with Gasteiger partial charge in [0.2, 0.25) is 5.82 Å². The fourth-order valence-corrected chi connectivity index (χ4v) is 3.39.